The first kappa shape index (κ1) is 12.4. The summed E-state index contributed by atoms with van der Waals surface area (Å²) in [5.74, 6) is 3.58. The van der Waals surface area contributed by atoms with E-state index in [1.165, 1.54) is 5.56 Å². The van der Waals surface area contributed by atoms with Gasteiger partial charge in [0.15, 0.2) is 0 Å². The van der Waals surface area contributed by atoms with Crippen LogP contribution in [0.5, 0.6) is 5.75 Å². The summed E-state index contributed by atoms with van der Waals surface area (Å²) in [6.45, 7) is 8.69. The number of thiol groups is 1. The van der Waals surface area contributed by atoms with E-state index in [0.717, 1.165) is 22.6 Å². The summed E-state index contributed by atoms with van der Waals surface area (Å²) in [5, 5.41) is 0. The van der Waals surface area contributed by atoms with E-state index < -0.39 is 0 Å². The standard InChI is InChI=1S/C15H18OS/c1-6-10-7-11-12(8-13(10)17)16-15(4,5)9-14(11,2)3/h1,7-8,17H,9H2,2-5H3. The van der Waals surface area contributed by atoms with Crippen LogP contribution in [0.3, 0.4) is 0 Å². The minimum atomic E-state index is -0.144. The summed E-state index contributed by atoms with van der Waals surface area (Å²) >= 11 is 4.40. The van der Waals surface area contributed by atoms with Gasteiger partial charge in [-0.05, 0) is 37.8 Å². The van der Waals surface area contributed by atoms with Crippen LogP contribution in [0.15, 0.2) is 17.0 Å². The Hall–Kier alpha value is -1.07. The van der Waals surface area contributed by atoms with Crippen LogP contribution >= 0.6 is 12.6 Å². The van der Waals surface area contributed by atoms with Crippen molar-refractivity contribution in [1.82, 2.24) is 0 Å². The van der Waals surface area contributed by atoms with Crippen molar-refractivity contribution in [3.05, 3.63) is 23.3 Å². The van der Waals surface area contributed by atoms with Gasteiger partial charge in [-0.2, -0.15) is 0 Å². The molecule has 2 rings (SSSR count). The highest BCUT2D eigenvalue weighted by molar-refractivity contribution is 7.80. The summed E-state index contributed by atoms with van der Waals surface area (Å²) in [4.78, 5) is 0.805. The van der Waals surface area contributed by atoms with Crippen LogP contribution in [0.1, 0.15) is 45.2 Å². The number of ether oxygens (including phenoxy) is 1. The van der Waals surface area contributed by atoms with Crippen LogP contribution < -0.4 is 4.74 Å². The maximum atomic E-state index is 6.02. The Bertz CT molecular complexity index is 506. The molecule has 2 heteroatoms. The van der Waals surface area contributed by atoms with Crippen molar-refractivity contribution in [2.75, 3.05) is 0 Å². The van der Waals surface area contributed by atoms with Gasteiger partial charge in [-0.25, -0.2) is 0 Å². The van der Waals surface area contributed by atoms with E-state index >= 15 is 0 Å². The number of benzene rings is 1. The van der Waals surface area contributed by atoms with E-state index in [4.69, 9.17) is 11.2 Å². The van der Waals surface area contributed by atoms with E-state index in [9.17, 15) is 0 Å². The second-order valence-electron chi connectivity index (χ2n) is 5.93. The fourth-order valence-electron chi connectivity index (χ4n) is 2.79. The van der Waals surface area contributed by atoms with E-state index in [1.807, 2.05) is 12.1 Å². The topological polar surface area (TPSA) is 9.23 Å². The van der Waals surface area contributed by atoms with Crippen molar-refractivity contribution in [3.8, 4) is 18.1 Å². The molecule has 0 amide bonds. The van der Waals surface area contributed by atoms with Gasteiger partial charge in [0.1, 0.15) is 11.4 Å². The van der Waals surface area contributed by atoms with E-state index in [-0.39, 0.29) is 11.0 Å². The zero-order valence-electron chi connectivity index (χ0n) is 10.8. The molecule has 90 valence electrons. The minimum absolute atomic E-state index is 0.0736. The zero-order chi connectivity index (χ0) is 12.8. The Morgan fingerprint density at radius 2 is 1.94 bits per heavy atom. The SMILES string of the molecule is C#Cc1cc2c(cc1S)OC(C)(C)CC2(C)C. The summed E-state index contributed by atoms with van der Waals surface area (Å²) < 4.78 is 6.02. The van der Waals surface area contributed by atoms with Crippen LogP contribution in [-0.4, -0.2) is 5.60 Å². The second-order valence-corrected chi connectivity index (χ2v) is 6.41. The van der Waals surface area contributed by atoms with Gasteiger partial charge in [-0.1, -0.05) is 19.8 Å². The lowest BCUT2D eigenvalue weighted by molar-refractivity contribution is 0.0531. The van der Waals surface area contributed by atoms with Gasteiger partial charge in [-0.3, -0.25) is 0 Å². The van der Waals surface area contributed by atoms with Gasteiger partial charge >= 0.3 is 0 Å². The maximum absolute atomic E-state index is 6.02. The highest BCUT2D eigenvalue weighted by atomic mass is 32.1. The molecule has 0 saturated heterocycles. The molecule has 0 bridgehead atoms. The Morgan fingerprint density at radius 1 is 1.29 bits per heavy atom. The fraction of sp³-hybridized carbons (Fsp3) is 0.467. The minimum Gasteiger partial charge on any atom is -0.487 e. The highest BCUT2D eigenvalue weighted by Gasteiger charge is 2.39. The number of terminal acetylenes is 1. The lowest BCUT2D eigenvalue weighted by Crippen LogP contribution is -2.41. The van der Waals surface area contributed by atoms with Crippen molar-refractivity contribution in [3.63, 3.8) is 0 Å². The lowest BCUT2D eigenvalue weighted by Gasteiger charge is -2.42. The largest absolute Gasteiger partial charge is 0.487 e. The maximum Gasteiger partial charge on any atom is 0.125 e. The average molecular weight is 246 g/mol. The second kappa shape index (κ2) is 3.71. The third-order valence-electron chi connectivity index (χ3n) is 3.24. The molecule has 1 heterocycles. The van der Waals surface area contributed by atoms with Gasteiger partial charge in [-0.15, -0.1) is 19.1 Å². The lowest BCUT2D eigenvalue weighted by atomic mass is 9.73. The Kier molecular flexibility index (Phi) is 2.71. The van der Waals surface area contributed by atoms with Crippen molar-refractivity contribution in [2.45, 2.75) is 50.0 Å². The first-order valence-electron chi connectivity index (χ1n) is 5.78. The van der Waals surface area contributed by atoms with Gasteiger partial charge in [0.05, 0.1) is 0 Å². The molecule has 1 aliphatic heterocycles. The third kappa shape index (κ3) is 2.17. The number of hydrogen-bond donors (Lipinski definition) is 1. The molecule has 0 atom stereocenters. The zero-order valence-corrected chi connectivity index (χ0v) is 11.7. The molecule has 17 heavy (non-hydrogen) atoms. The number of fused-ring (bicyclic) bond motifs is 1. The molecule has 0 saturated carbocycles. The van der Waals surface area contributed by atoms with E-state index in [1.54, 1.807) is 0 Å². The Morgan fingerprint density at radius 3 is 2.53 bits per heavy atom. The average Bonchev–Trinajstić information content (AvgIpc) is 2.13. The van der Waals surface area contributed by atoms with Crippen LogP contribution in [0.25, 0.3) is 0 Å². The number of rotatable bonds is 0. The molecule has 1 aromatic carbocycles. The van der Waals surface area contributed by atoms with Crippen LogP contribution in [0.4, 0.5) is 0 Å². The molecule has 1 aromatic rings. The molecule has 0 N–H and O–H groups in total. The smallest absolute Gasteiger partial charge is 0.125 e. The Labute approximate surface area is 109 Å². The van der Waals surface area contributed by atoms with Crippen molar-refractivity contribution in [1.29, 1.82) is 0 Å². The molecule has 0 spiro atoms. The molecule has 0 unspecified atom stereocenters. The van der Waals surface area contributed by atoms with Crippen molar-refractivity contribution >= 4 is 12.6 Å². The molecule has 0 aliphatic carbocycles. The quantitative estimate of drug-likeness (QED) is 0.541. The third-order valence-corrected chi connectivity index (χ3v) is 3.61. The summed E-state index contributed by atoms with van der Waals surface area (Å²) in [6.07, 6.45) is 6.46. The fourth-order valence-corrected chi connectivity index (χ4v) is 3.04. The van der Waals surface area contributed by atoms with Gasteiger partial charge in [0, 0.05) is 16.0 Å². The van der Waals surface area contributed by atoms with Gasteiger partial charge < -0.3 is 4.74 Å². The molecular formula is C15H18OS. The molecule has 0 radical (unpaired) electrons. The Balaban J connectivity index is 2.64. The molecular weight excluding hydrogens is 228 g/mol. The van der Waals surface area contributed by atoms with Crippen LogP contribution in [-0.2, 0) is 5.41 Å². The highest BCUT2D eigenvalue weighted by Crippen LogP contribution is 2.45. The summed E-state index contributed by atoms with van der Waals surface area (Å²) in [6, 6.07) is 3.98. The monoisotopic (exact) mass is 246 g/mol. The summed E-state index contributed by atoms with van der Waals surface area (Å²) in [5.41, 5.74) is 1.95. The molecule has 1 nitrogen and oxygen atoms in total. The molecule has 1 aliphatic rings. The van der Waals surface area contributed by atoms with E-state index in [0.29, 0.717) is 0 Å². The summed E-state index contributed by atoms with van der Waals surface area (Å²) in [7, 11) is 0. The van der Waals surface area contributed by atoms with Gasteiger partial charge in [0.2, 0.25) is 0 Å². The van der Waals surface area contributed by atoms with Crippen molar-refractivity contribution in [2.24, 2.45) is 0 Å². The molecule has 0 fully saturated rings. The van der Waals surface area contributed by atoms with E-state index in [2.05, 4.69) is 46.2 Å². The van der Waals surface area contributed by atoms with Gasteiger partial charge in [0.25, 0.3) is 0 Å². The van der Waals surface area contributed by atoms with Crippen LogP contribution in [0, 0.1) is 12.3 Å². The first-order chi connectivity index (χ1) is 7.75. The van der Waals surface area contributed by atoms with Crippen LogP contribution in [0.2, 0.25) is 0 Å². The predicted molar refractivity (Wildman–Crippen MR) is 74.0 cm³/mol. The molecule has 0 aromatic heterocycles. The number of hydrogen-bond acceptors (Lipinski definition) is 2. The normalized spacial score (nSPS) is 20.0. The van der Waals surface area contributed by atoms with Crippen molar-refractivity contribution < 1.29 is 4.74 Å². The first-order valence-corrected chi connectivity index (χ1v) is 6.23. The predicted octanol–water partition coefficient (Wildman–Crippen LogP) is 3.80.